The summed E-state index contributed by atoms with van der Waals surface area (Å²) in [5.41, 5.74) is -1.98. The number of aryl methyl sites for hydroxylation is 1. The van der Waals surface area contributed by atoms with Gasteiger partial charge in [0.15, 0.2) is 0 Å². The second-order valence-corrected chi connectivity index (χ2v) is 5.11. The molecule has 0 atom stereocenters. The third kappa shape index (κ3) is 5.71. The fourth-order valence-electron chi connectivity index (χ4n) is 1.66. The molecule has 1 nitrogen and oxygen atoms in total. The summed E-state index contributed by atoms with van der Waals surface area (Å²) in [5.74, 6) is 0.214. The van der Waals surface area contributed by atoms with E-state index in [0.29, 0.717) is 11.8 Å². The number of hydrogen-bond acceptors (Lipinski definition) is 2. The van der Waals surface area contributed by atoms with Gasteiger partial charge in [0.2, 0.25) is 0 Å². The first-order valence-corrected chi connectivity index (χ1v) is 7.51. The number of unbranched alkanes of at least 4 members (excludes halogenated alkanes) is 3. The smallest absolute Gasteiger partial charge is 0.424 e. The van der Waals surface area contributed by atoms with Crippen molar-refractivity contribution in [3.8, 4) is 5.75 Å². The van der Waals surface area contributed by atoms with Crippen molar-refractivity contribution in [3.05, 3.63) is 29.8 Å². The van der Waals surface area contributed by atoms with E-state index in [9.17, 15) is 8.78 Å². The Balaban J connectivity index is 2.42. The van der Waals surface area contributed by atoms with Crippen LogP contribution in [0.5, 0.6) is 5.75 Å². The number of ether oxygens (including phenoxy) is 1. The first kappa shape index (κ1) is 15.3. The van der Waals surface area contributed by atoms with Crippen LogP contribution >= 0.6 is 11.8 Å². The standard InChI is InChI=1S/C14H20F2OS/c1-3-4-5-6-7-12-8-10-13(11-9-12)17-14(15,16)18-2/h8-11H,3-7H2,1-2H3. The van der Waals surface area contributed by atoms with E-state index >= 15 is 0 Å². The van der Waals surface area contributed by atoms with Crippen molar-refractivity contribution in [1.82, 2.24) is 0 Å². The fraction of sp³-hybridized carbons (Fsp3) is 0.571. The molecule has 0 bridgehead atoms. The lowest BCUT2D eigenvalue weighted by Crippen LogP contribution is -2.18. The molecule has 0 N–H and O–H groups in total. The lowest BCUT2D eigenvalue weighted by atomic mass is 10.1. The van der Waals surface area contributed by atoms with Gasteiger partial charge in [0.1, 0.15) is 5.75 Å². The SMILES string of the molecule is CCCCCCc1ccc(OC(F)(F)SC)cc1. The Morgan fingerprint density at radius 1 is 1.11 bits per heavy atom. The van der Waals surface area contributed by atoms with Gasteiger partial charge in [-0.05, 0) is 48.6 Å². The van der Waals surface area contributed by atoms with E-state index in [1.165, 1.54) is 31.1 Å². The molecular weight excluding hydrogens is 254 g/mol. The van der Waals surface area contributed by atoms with Crippen molar-refractivity contribution in [1.29, 1.82) is 0 Å². The number of benzene rings is 1. The molecule has 18 heavy (non-hydrogen) atoms. The molecule has 0 aliphatic rings. The minimum absolute atomic E-state index is 0.214. The predicted octanol–water partition coefficient (Wildman–Crippen LogP) is 5.10. The molecule has 0 unspecified atom stereocenters. The Labute approximate surface area is 112 Å². The summed E-state index contributed by atoms with van der Waals surface area (Å²) >= 11 is 0.390. The quantitative estimate of drug-likeness (QED) is 0.481. The summed E-state index contributed by atoms with van der Waals surface area (Å²) in [5, 5.41) is 0. The molecule has 0 spiro atoms. The van der Waals surface area contributed by atoms with Gasteiger partial charge in [-0.15, -0.1) is 0 Å². The van der Waals surface area contributed by atoms with Crippen molar-refractivity contribution >= 4 is 11.8 Å². The van der Waals surface area contributed by atoms with Crippen LogP contribution in [0.4, 0.5) is 8.78 Å². The van der Waals surface area contributed by atoms with Gasteiger partial charge in [0.25, 0.3) is 0 Å². The third-order valence-electron chi connectivity index (χ3n) is 2.72. The highest BCUT2D eigenvalue weighted by atomic mass is 32.2. The highest BCUT2D eigenvalue weighted by Gasteiger charge is 2.29. The maximum Gasteiger partial charge on any atom is 0.452 e. The number of thioether (sulfide) groups is 1. The molecule has 0 aliphatic carbocycles. The van der Waals surface area contributed by atoms with Crippen molar-refractivity contribution in [2.75, 3.05) is 6.26 Å². The lowest BCUT2D eigenvalue weighted by molar-refractivity contribution is -0.0875. The number of hydrogen-bond donors (Lipinski definition) is 0. The molecule has 0 saturated carbocycles. The number of rotatable bonds is 8. The number of alkyl halides is 2. The second kappa shape index (κ2) is 7.62. The maximum atomic E-state index is 13.0. The largest absolute Gasteiger partial charge is 0.452 e. The van der Waals surface area contributed by atoms with Crippen molar-refractivity contribution < 1.29 is 13.5 Å². The molecule has 0 radical (unpaired) electrons. The molecule has 1 aromatic rings. The molecule has 0 heterocycles. The Morgan fingerprint density at radius 2 is 1.78 bits per heavy atom. The van der Waals surface area contributed by atoms with Gasteiger partial charge in [-0.1, -0.05) is 38.3 Å². The van der Waals surface area contributed by atoms with E-state index in [-0.39, 0.29) is 5.75 Å². The van der Waals surface area contributed by atoms with Gasteiger partial charge in [-0.3, -0.25) is 0 Å². The average molecular weight is 274 g/mol. The molecular formula is C14H20F2OS. The molecule has 0 fully saturated rings. The van der Waals surface area contributed by atoms with E-state index in [1.54, 1.807) is 12.1 Å². The van der Waals surface area contributed by atoms with Crippen molar-refractivity contribution in [2.45, 2.75) is 44.5 Å². The summed E-state index contributed by atoms with van der Waals surface area (Å²) in [7, 11) is 0. The van der Waals surface area contributed by atoms with E-state index < -0.39 is 5.44 Å². The molecule has 0 amide bonds. The Kier molecular flexibility index (Phi) is 6.47. The topological polar surface area (TPSA) is 9.23 Å². The van der Waals surface area contributed by atoms with Crippen LogP contribution in [-0.2, 0) is 6.42 Å². The van der Waals surface area contributed by atoms with Crippen LogP contribution in [0.3, 0.4) is 0 Å². The lowest BCUT2D eigenvalue weighted by Gasteiger charge is -2.15. The molecule has 0 aliphatic heterocycles. The number of halogens is 2. The molecule has 1 rings (SSSR count). The van der Waals surface area contributed by atoms with E-state index in [4.69, 9.17) is 0 Å². The highest BCUT2D eigenvalue weighted by Crippen LogP contribution is 2.30. The van der Waals surface area contributed by atoms with Crippen molar-refractivity contribution in [3.63, 3.8) is 0 Å². The molecule has 0 saturated heterocycles. The minimum Gasteiger partial charge on any atom is -0.424 e. The Morgan fingerprint density at radius 3 is 2.33 bits per heavy atom. The van der Waals surface area contributed by atoms with Crippen molar-refractivity contribution in [2.24, 2.45) is 0 Å². The zero-order valence-electron chi connectivity index (χ0n) is 10.9. The fourth-order valence-corrected chi connectivity index (χ4v) is 1.84. The maximum absolute atomic E-state index is 13.0. The first-order chi connectivity index (χ1) is 8.57. The minimum atomic E-state index is -3.15. The summed E-state index contributed by atoms with van der Waals surface area (Å²) in [6.45, 7) is 2.18. The van der Waals surface area contributed by atoms with Gasteiger partial charge in [0, 0.05) is 0 Å². The highest BCUT2D eigenvalue weighted by molar-refractivity contribution is 7.99. The van der Waals surface area contributed by atoms with Crippen LogP contribution in [0.2, 0.25) is 0 Å². The zero-order valence-corrected chi connectivity index (χ0v) is 11.7. The van der Waals surface area contributed by atoms with E-state index in [0.717, 1.165) is 12.8 Å². The first-order valence-electron chi connectivity index (χ1n) is 6.28. The Bertz CT molecular complexity index is 338. The van der Waals surface area contributed by atoms with Gasteiger partial charge in [-0.25, -0.2) is 0 Å². The third-order valence-corrected chi connectivity index (χ3v) is 3.28. The summed E-state index contributed by atoms with van der Waals surface area (Å²) in [6.07, 6.45) is 7.16. The predicted molar refractivity (Wildman–Crippen MR) is 73.4 cm³/mol. The summed E-state index contributed by atoms with van der Waals surface area (Å²) in [6, 6.07) is 6.94. The van der Waals surface area contributed by atoms with Crippen LogP contribution < -0.4 is 4.74 Å². The van der Waals surface area contributed by atoms with Gasteiger partial charge >= 0.3 is 5.44 Å². The van der Waals surface area contributed by atoms with Crippen LogP contribution in [0.15, 0.2) is 24.3 Å². The second-order valence-electron chi connectivity index (χ2n) is 4.22. The zero-order chi connectivity index (χ0) is 13.4. The van der Waals surface area contributed by atoms with Crippen LogP contribution in [0.1, 0.15) is 38.2 Å². The van der Waals surface area contributed by atoms with Gasteiger partial charge in [0.05, 0.1) is 0 Å². The van der Waals surface area contributed by atoms with Crippen LogP contribution in [0, 0.1) is 0 Å². The van der Waals surface area contributed by atoms with Gasteiger partial charge < -0.3 is 4.74 Å². The van der Waals surface area contributed by atoms with E-state index in [2.05, 4.69) is 11.7 Å². The van der Waals surface area contributed by atoms with Crippen LogP contribution in [0.25, 0.3) is 0 Å². The normalized spacial score (nSPS) is 11.6. The Hall–Kier alpha value is -0.770. The molecule has 1 aromatic carbocycles. The van der Waals surface area contributed by atoms with E-state index in [1.807, 2.05) is 12.1 Å². The van der Waals surface area contributed by atoms with Crippen LogP contribution in [-0.4, -0.2) is 11.7 Å². The monoisotopic (exact) mass is 274 g/mol. The summed E-state index contributed by atoms with van der Waals surface area (Å²) < 4.78 is 30.5. The molecule has 4 heteroatoms. The van der Waals surface area contributed by atoms with Gasteiger partial charge in [-0.2, -0.15) is 8.78 Å². The molecule has 102 valence electrons. The average Bonchev–Trinajstić information content (AvgIpc) is 2.36. The summed E-state index contributed by atoms with van der Waals surface area (Å²) in [4.78, 5) is 0. The molecule has 0 aromatic heterocycles.